The minimum absolute atomic E-state index is 0.146. The maximum Gasteiger partial charge on any atom is 0.277 e. The van der Waals surface area contributed by atoms with Crippen LogP contribution in [0.25, 0.3) is 0 Å². The van der Waals surface area contributed by atoms with Crippen molar-refractivity contribution in [3.63, 3.8) is 0 Å². The molecule has 12 heavy (non-hydrogen) atoms. The Morgan fingerprint density at radius 1 is 1.33 bits per heavy atom. The minimum Gasteiger partial charge on any atom is -0.365 e. The van der Waals surface area contributed by atoms with E-state index in [-0.39, 0.29) is 12.8 Å². The third-order valence-electron chi connectivity index (χ3n) is 1.79. The Morgan fingerprint density at radius 3 is 2.25 bits per heavy atom. The smallest absolute Gasteiger partial charge is 0.277 e. The van der Waals surface area contributed by atoms with Gasteiger partial charge in [-0.1, -0.05) is 0 Å². The van der Waals surface area contributed by atoms with Crippen molar-refractivity contribution in [3.05, 3.63) is 0 Å². The van der Waals surface area contributed by atoms with Crippen LogP contribution in [0.3, 0.4) is 0 Å². The van der Waals surface area contributed by atoms with Crippen molar-refractivity contribution in [1.82, 2.24) is 0 Å². The summed E-state index contributed by atoms with van der Waals surface area (Å²) in [5.41, 5.74) is 4.81. The third kappa shape index (κ3) is 1.72. The van der Waals surface area contributed by atoms with Crippen molar-refractivity contribution in [1.29, 1.82) is 0 Å². The Kier molecular flexibility index (Phi) is 2.09. The van der Waals surface area contributed by atoms with Crippen LogP contribution in [-0.4, -0.2) is 39.4 Å². The SMILES string of the molecule is NC(=O)C1(O)CCC(O)(O)CO1. The molecule has 0 aromatic carbocycles. The van der Waals surface area contributed by atoms with Crippen molar-refractivity contribution in [2.45, 2.75) is 24.4 Å². The molecule has 0 aromatic rings. The second-order valence-corrected chi connectivity index (χ2v) is 2.92. The van der Waals surface area contributed by atoms with Gasteiger partial charge in [0, 0.05) is 12.8 Å². The van der Waals surface area contributed by atoms with E-state index in [2.05, 4.69) is 4.74 Å². The van der Waals surface area contributed by atoms with Crippen LogP contribution in [0.4, 0.5) is 0 Å². The zero-order valence-electron chi connectivity index (χ0n) is 6.36. The van der Waals surface area contributed by atoms with Gasteiger partial charge in [-0.25, -0.2) is 0 Å². The average molecular weight is 177 g/mol. The summed E-state index contributed by atoms with van der Waals surface area (Å²) in [4.78, 5) is 10.6. The van der Waals surface area contributed by atoms with E-state index in [0.717, 1.165) is 0 Å². The lowest BCUT2D eigenvalue weighted by Gasteiger charge is -2.35. The molecule has 1 amide bonds. The predicted molar refractivity (Wildman–Crippen MR) is 36.5 cm³/mol. The molecule has 1 aliphatic heterocycles. The summed E-state index contributed by atoms with van der Waals surface area (Å²) in [6, 6.07) is 0. The topological polar surface area (TPSA) is 113 Å². The van der Waals surface area contributed by atoms with E-state index < -0.39 is 24.1 Å². The fourth-order valence-electron chi connectivity index (χ4n) is 0.943. The zero-order chi connectivity index (χ0) is 9.41. The first-order chi connectivity index (χ1) is 5.36. The molecule has 0 aromatic heterocycles. The van der Waals surface area contributed by atoms with E-state index in [9.17, 15) is 9.90 Å². The van der Waals surface area contributed by atoms with Gasteiger partial charge in [0.2, 0.25) is 5.79 Å². The van der Waals surface area contributed by atoms with Crippen molar-refractivity contribution in [2.75, 3.05) is 6.61 Å². The molecular formula is C6H11NO5. The molecule has 1 saturated heterocycles. The van der Waals surface area contributed by atoms with E-state index in [0.29, 0.717) is 0 Å². The van der Waals surface area contributed by atoms with Crippen LogP contribution in [0.15, 0.2) is 0 Å². The molecule has 0 radical (unpaired) electrons. The number of hydrogen-bond donors (Lipinski definition) is 4. The fraction of sp³-hybridized carbons (Fsp3) is 0.833. The van der Waals surface area contributed by atoms with Crippen LogP contribution < -0.4 is 5.73 Å². The molecule has 6 heteroatoms. The highest BCUT2D eigenvalue weighted by Crippen LogP contribution is 2.26. The van der Waals surface area contributed by atoms with Crippen LogP contribution in [0, 0.1) is 0 Å². The summed E-state index contributed by atoms with van der Waals surface area (Å²) < 4.78 is 4.52. The zero-order valence-corrected chi connectivity index (χ0v) is 6.36. The lowest BCUT2D eigenvalue weighted by atomic mass is 10.0. The monoisotopic (exact) mass is 177 g/mol. The van der Waals surface area contributed by atoms with Crippen LogP contribution in [-0.2, 0) is 9.53 Å². The van der Waals surface area contributed by atoms with E-state index in [1.165, 1.54) is 0 Å². The Morgan fingerprint density at radius 2 is 1.92 bits per heavy atom. The summed E-state index contributed by atoms with van der Waals surface area (Å²) in [7, 11) is 0. The highest BCUT2D eigenvalue weighted by Gasteiger charge is 2.44. The van der Waals surface area contributed by atoms with E-state index in [4.69, 9.17) is 15.9 Å². The quantitative estimate of drug-likeness (QED) is 0.335. The highest BCUT2D eigenvalue weighted by atomic mass is 16.7. The number of carbonyl (C=O) groups is 1. The number of nitrogens with two attached hydrogens (primary N) is 1. The molecular weight excluding hydrogens is 166 g/mol. The molecule has 70 valence electrons. The normalized spacial score (nSPS) is 34.6. The third-order valence-corrected chi connectivity index (χ3v) is 1.79. The van der Waals surface area contributed by atoms with E-state index in [1.807, 2.05) is 0 Å². The molecule has 5 N–H and O–H groups in total. The molecule has 6 nitrogen and oxygen atoms in total. The molecule has 1 unspecified atom stereocenters. The molecule has 0 bridgehead atoms. The molecule has 1 rings (SSSR count). The number of aliphatic hydroxyl groups is 3. The fourth-order valence-corrected chi connectivity index (χ4v) is 0.943. The van der Waals surface area contributed by atoms with Gasteiger partial charge in [-0.15, -0.1) is 0 Å². The van der Waals surface area contributed by atoms with Gasteiger partial charge in [0.25, 0.3) is 5.91 Å². The summed E-state index contributed by atoms with van der Waals surface area (Å²) in [6.45, 7) is -0.521. The molecule has 0 spiro atoms. The lowest BCUT2D eigenvalue weighted by Crippen LogP contribution is -2.54. The Bertz CT molecular complexity index is 192. The van der Waals surface area contributed by atoms with Crippen molar-refractivity contribution in [3.8, 4) is 0 Å². The van der Waals surface area contributed by atoms with Crippen molar-refractivity contribution in [2.24, 2.45) is 5.73 Å². The number of ether oxygens (including phenoxy) is 1. The van der Waals surface area contributed by atoms with Gasteiger partial charge in [-0.3, -0.25) is 4.79 Å². The van der Waals surface area contributed by atoms with Crippen molar-refractivity contribution < 1.29 is 24.9 Å². The van der Waals surface area contributed by atoms with Gasteiger partial charge in [-0.2, -0.15) is 0 Å². The largest absolute Gasteiger partial charge is 0.365 e. The first-order valence-corrected chi connectivity index (χ1v) is 3.47. The summed E-state index contributed by atoms with van der Waals surface area (Å²) in [5, 5.41) is 27.2. The van der Waals surface area contributed by atoms with Gasteiger partial charge in [0.15, 0.2) is 5.79 Å². The molecule has 0 saturated carbocycles. The van der Waals surface area contributed by atoms with Gasteiger partial charge >= 0.3 is 0 Å². The number of amides is 1. The number of hydrogen-bond acceptors (Lipinski definition) is 5. The van der Waals surface area contributed by atoms with Gasteiger partial charge in [0.05, 0.1) is 0 Å². The van der Waals surface area contributed by atoms with E-state index >= 15 is 0 Å². The first kappa shape index (κ1) is 9.40. The first-order valence-electron chi connectivity index (χ1n) is 3.47. The lowest BCUT2D eigenvalue weighted by molar-refractivity contribution is -0.302. The molecule has 1 aliphatic rings. The van der Waals surface area contributed by atoms with Crippen LogP contribution in [0.2, 0.25) is 0 Å². The molecule has 1 fully saturated rings. The maximum atomic E-state index is 10.6. The summed E-state index contributed by atoms with van der Waals surface area (Å²) >= 11 is 0. The average Bonchev–Trinajstić information content (AvgIpc) is 1.96. The van der Waals surface area contributed by atoms with Crippen LogP contribution >= 0.6 is 0 Å². The van der Waals surface area contributed by atoms with Gasteiger partial charge < -0.3 is 25.8 Å². The second-order valence-electron chi connectivity index (χ2n) is 2.92. The second kappa shape index (κ2) is 2.67. The van der Waals surface area contributed by atoms with Crippen LogP contribution in [0.5, 0.6) is 0 Å². The van der Waals surface area contributed by atoms with Gasteiger partial charge in [-0.05, 0) is 0 Å². The summed E-state index contributed by atoms with van der Waals surface area (Å²) in [5.74, 6) is -5.03. The van der Waals surface area contributed by atoms with Crippen LogP contribution in [0.1, 0.15) is 12.8 Å². The van der Waals surface area contributed by atoms with Gasteiger partial charge in [0.1, 0.15) is 6.61 Å². The number of rotatable bonds is 1. The molecule has 1 atom stereocenters. The minimum atomic E-state index is -2.05. The summed E-state index contributed by atoms with van der Waals surface area (Å²) in [6.07, 6.45) is -0.359. The maximum absolute atomic E-state index is 10.6. The van der Waals surface area contributed by atoms with Crippen molar-refractivity contribution >= 4 is 5.91 Å². The Labute approximate surface area is 68.6 Å². The number of carbonyl (C=O) groups excluding carboxylic acids is 1. The Balaban J connectivity index is 2.62. The predicted octanol–water partition coefficient (Wildman–Crippen LogP) is -2.35. The highest BCUT2D eigenvalue weighted by molar-refractivity contribution is 5.81. The standard InChI is InChI=1S/C6H11NO5/c7-4(8)6(11)2-1-5(9,10)3-12-6/h9-11H,1-3H2,(H2,7,8). The molecule has 0 aliphatic carbocycles. The number of primary amides is 1. The molecule has 1 heterocycles. The van der Waals surface area contributed by atoms with E-state index in [1.54, 1.807) is 0 Å². The Hall–Kier alpha value is -0.690.